The molecule has 1 fully saturated rings. The lowest BCUT2D eigenvalue weighted by Gasteiger charge is -2.35. The quantitative estimate of drug-likeness (QED) is 0.864. The smallest absolute Gasteiger partial charge is 0.0695 e. The van der Waals surface area contributed by atoms with Crippen molar-refractivity contribution in [2.75, 3.05) is 13.6 Å². The molecule has 2 rings (SSSR count). The Hall–Kier alpha value is -0.930. The largest absolute Gasteiger partial charge is 0.391 e. The van der Waals surface area contributed by atoms with Gasteiger partial charge in [0.15, 0.2) is 0 Å². The molecule has 1 aliphatic carbocycles. The molecule has 1 aliphatic rings. The van der Waals surface area contributed by atoms with Crippen molar-refractivity contribution in [2.24, 2.45) is 0 Å². The number of aliphatic hydroxyl groups excluding tert-OH is 1. The predicted molar refractivity (Wildman–Crippen MR) is 68.8 cm³/mol. The third kappa shape index (κ3) is 3.51. The molecular formula is C14H22N2O. The average Bonchev–Trinajstić information content (AvgIpc) is 2.38. The van der Waals surface area contributed by atoms with Gasteiger partial charge in [-0.15, -0.1) is 0 Å². The van der Waals surface area contributed by atoms with E-state index in [1.165, 1.54) is 18.4 Å². The number of nitrogens with zero attached hydrogens (tertiary/aromatic N) is 2. The topological polar surface area (TPSA) is 36.4 Å². The Bertz CT molecular complexity index is 328. The molecule has 0 amide bonds. The summed E-state index contributed by atoms with van der Waals surface area (Å²) in [5, 5.41) is 9.98. The lowest BCUT2D eigenvalue weighted by atomic mass is 9.91. The first-order chi connectivity index (χ1) is 8.27. The lowest BCUT2D eigenvalue weighted by molar-refractivity contribution is 0.0327. The monoisotopic (exact) mass is 234 g/mol. The van der Waals surface area contributed by atoms with Gasteiger partial charge in [0.25, 0.3) is 0 Å². The summed E-state index contributed by atoms with van der Waals surface area (Å²) in [4.78, 5) is 6.33. The Balaban J connectivity index is 1.82. The minimum Gasteiger partial charge on any atom is -0.391 e. The van der Waals surface area contributed by atoms with Gasteiger partial charge in [0.1, 0.15) is 0 Å². The van der Waals surface area contributed by atoms with Crippen LogP contribution in [0.25, 0.3) is 0 Å². The highest BCUT2D eigenvalue weighted by molar-refractivity contribution is 5.10. The molecule has 0 saturated heterocycles. The Morgan fingerprint density at radius 1 is 1.29 bits per heavy atom. The van der Waals surface area contributed by atoms with Crippen molar-refractivity contribution < 1.29 is 5.11 Å². The van der Waals surface area contributed by atoms with Crippen molar-refractivity contribution in [1.82, 2.24) is 9.88 Å². The van der Waals surface area contributed by atoms with Gasteiger partial charge in [0, 0.05) is 25.0 Å². The van der Waals surface area contributed by atoms with E-state index in [9.17, 15) is 5.11 Å². The van der Waals surface area contributed by atoms with Gasteiger partial charge in [0.05, 0.1) is 6.10 Å². The van der Waals surface area contributed by atoms with Crippen LogP contribution in [0.5, 0.6) is 0 Å². The summed E-state index contributed by atoms with van der Waals surface area (Å²) in [5.74, 6) is 0. The highest BCUT2D eigenvalue weighted by atomic mass is 16.3. The first-order valence-electron chi connectivity index (χ1n) is 6.54. The minimum atomic E-state index is -0.133. The molecule has 0 radical (unpaired) electrons. The molecule has 0 unspecified atom stereocenters. The van der Waals surface area contributed by atoms with Crippen LogP contribution in [-0.4, -0.2) is 40.7 Å². The second-order valence-corrected chi connectivity index (χ2v) is 5.01. The molecule has 0 aromatic carbocycles. The van der Waals surface area contributed by atoms with Gasteiger partial charge in [-0.05, 0) is 44.0 Å². The fourth-order valence-electron chi connectivity index (χ4n) is 2.63. The fourth-order valence-corrected chi connectivity index (χ4v) is 2.63. The number of likely N-dealkylation sites (N-methyl/N-ethyl adjacent to an activating group) is 1. The van der Waals surface area contributed by atoms with Crippen LogP contribution >= 0.6 is 0 Å². The van der Waals surface area contributed by atoms with Crippen molar-refractivity contribution in [1.29, 1.82) is 0 Å². The summed E-state index contributed by atoms with van der Waals surface area (Å²) in [6, 6.07) is 4.47. The van der Waals surface area contributed by atoms with E-state index in [0.717, 1.165) is 25.8 Å². The van der Waals surface area contributed by atoms with E-state index in [4.69, 9.17) is 0 Å². The number of hydrogen-bond acceptors (Lipinski definition) is 3. The number of hydrogen-bond donors (Lipinski definition) is 1. The van der Waals surface area contributed by atoms with Gasteiger partial charge in [-0.3, -0.25) is 4.98 Å². The summed E-state index contributed by atoms with van der Waals surface area (Å²) >= 11 is 0. The van der Waals surface area contributed by atoms with E-state index in [-0.39, 0.29) is 6.10 Å². The minimum absolute atomic E-state index is 0.133. The highest BCUT2D eigenvalue weighted by Gasteiger charge is 2.25. The van der Waals surface area contributed by atoms with Gasteiger partial charge in [-0.1, -0.05) is 12.8 Å². The van der Waals surface area contributed by atoms with Crippen LogP contribution in [-0.2, 0) is 6.42 Å². The third-order valence-corrected chi connectivity index (χ3v) is 3.76. The van der Waals surface area contributed by atoms with Crippen molar-refractivity contribution in [3.63, 3.8) is 0 Å². The fraction of sp³-hybridized carbons (Fsp3) is 0.643. The van der Waals surface area contributed by atoms with Crippen molar-refractivity contribution in [3.8, 4) is 0 Å². The molecular weight excluding hydrogens is 212 g/mol. The molecule has 94 valence electrons. The summed E-state index contributed by atoms with van der Waals surface area (Å²) in [5.41, 5.74) is 1.32. The Morgan fingerprint density at radius 2 is 2.00 bits per heavy atom. The molecule has 3 heteroatoms. The average molecular weight is 234 g/mol. The Labute approximate surface area is 103 Å². The third-order valence-electron chi connectivity index (χ3n) is 3.76. The standard InChI is InChI=1S/C14H22N2O/c1-16(13-4-2-3-5-14(13)17)11-8-12-6-9-15-10-7-12/h6-7,9-10,13-14,17H,2-5,8,11H2,1H3/t13-,14-/m0/s1. The zero-order valence-corrected chi connectivity index (χ0v) is 10.5. The summed E-state index contributed by atoms with van der Waals surface area (Å²) in [6.07, 6.45) is 9.10. The number of aromatic nitrogens is 1. The van der Waals surface area contributed by atoms with E-state index >= 15 is 0 Å². The first-order valence-corrected chi connectivity index (χ1v) is 6.54. The maximum Gasteiger partial charge on any atom is 0.0695 e. The second-order valence-electron chi connectivity index (χ2n) is 5.01. The van der Waals surface area contributed by atoms with Gasteiger partial charge >= 0.3 is 0 Å². The Kier molecular flexibility index (Phi) is 4.51. The molecule has 2 atom stereocenters. The summed E-state index contributed by atoms with van der Waals surface area (Å²) < 4.78 is 0. The molecule has 0 aliphatic heterocycles. The zero-order valence-electron chi connectivity index (χ0n) is 10.5. The molecule has 1 saturated carbocycles. The number of rotatable bonds is 4. The van der Waals surface area contributed by atoms with Crippen LogP contribution < -0.4 is 0 Å². The zero-order chi connectivity index (χ0) is 12.1. The summed E-state index contributed by atoms with van der Waals surface area (Å²) in [6.45, 7) is 1.01. The highest BCUT2D eigenvalue weighted by Crippen LogP contribution is 2.22. The van der Waals surface area contributed by atoms with Crippen molar-refractivity contribution >= 4 is 0 Å². The second kappa shape index (κ2) is 6.12. The predicted octanol–water partition coefficient (Wildman–Crippen LogP) is 1.86. The lowest BCUT2D eigenvalue weighted by Crippen LogP contribution is -2.44. The van der Waals surface area contributed by atoms with Gasteiger partial charge < -0.3 is 10.0 Å². The molecule has 0 spiro atoms. The van der Waals surface area contributed by atoms with E-state index in [1.54, 1.807) is 0 Å². The van der Waals surface area contributed by atoms with E-state index in [0.29, 0.717) is 6.04 Å². The van der Waals surface area contributed by atoms with Gasteiger partial charge in [-0.2, -0.15) is 0 Å². The molecule has 1 heterocycles. The van der Waals surface area contributed by atoms with E-state index in [1.807, 2.05) is 12.4 Å². The molecule has 17 heavy (non-hydrogen) atoms. The molecule has 1 aromatic rings. The summed E-state index contributed by atoms with van der Waals surface area (Å²) in [7, 11) is 2.13. The van der Waals surface area contributed by atoms with Crippen LogP contribution in [0, 0.1) is 0 Å². The van der Waals surface area contributed by atoms with E-state index in [2.05, 4.69) is 29.1 Å². The van der Waals surface area contributed by atoms with Crippen LogP contribution in [0.3, 0.4) is 0 Å². The van der Waals surface area contributed by atoms with Crippen LogP contribution in [0.1, 0.15) is 31.2 Å². The Morgan fingerprint density at radius 3 is 2.71 bits per heavy atom. The molecule has 0 bridgehead atoms. The van der Waals surface area contributed by atoms with Crippen LogP contribution in [0.2, 0.25) is 0 Å². The number of pyridine rings is 1. The molecule has 1 aromatic heterocycles. The van der Waals surface area contributed by atoms with E-state index < -0.39 is 0 Å². The SMILES string of the molecule is CN(CCc1ccncc1)[C@H]1CCCC[C@@H]1O. The van der Waals surface area contributed by atoms with Gasteiger partial charge in [0.2, 0.25) is 0 Å². The molecule has 3 nitrogen and oxygen atoms in total. The van der Waals surface area contributed by atoms with Crippen LogP contribution in [0.15, 0.2) is 24.5 Å². The van der Waals surface area contributed by atoms with Crippen molar-refractivity contribution in [2.45, 2.75) is 44.2 Å². The first kappa shape index (κ1) is 12.5. The number of aliphatic hydroxyl groups is 1. The van der Waals surface area contributed by atoms with Crippen molar-refractivity contribution in [3.05, 3.63) is 30.1 Å². The molecule has 1 N–H and O–H groups in total. The van der Waals surface area contributed by atoms with Gasteiger partial charge in [-0.25, -0.2) is 0 Å². The van der Waals surface area contributed by atoms with Crippen LogP contribution in [0.4, 0.5) is 0 Å². The maximum atomic E-state index is 9.98. The maximum absolute atomic E-state index is 9.98. The normalized spacial score (nSPS) is 25.1.